The average molecular weight is 216 g/mol. The van der Waals surface area contributed by atoms with E-state index in [2.05, 4.69) is 5.14 Å². The minimum Gasteiger partial charge on any atom is -0.395 e. The van der Waals surface area contributed by atoms with Crippen LogP contribution in [0.5, 0.6) is 0 Å². The van der Waals surface area contributed by atoms with Gasteiger partial charge in [-0.2, -0.15) is 8.42 Å². The van der Waals surface area contributed by atoms with Crippen LogP contribution in [0.3, 0.4) is 0 Å². The molecule has 82 valence electrons. The van der Waals surface area contributed by atoms with E-state index in [1.54, 1.807) is 0 Å². The minimum absolute atomic E-state index is 0.163. The number of hydrogen-bond acceptors (Lipinski definition) is 5. The van der Waals surface area contributed by atoms with Gasteiger partial charge in [0.05, 0.1) is 13.2 Å². The summed E-state index contributed by atoms with van der Waals surface area (Å²) in [6.07, 6.45) is 0. The molecule has 13 heavy (non-hydrogen) atoms. The number of rotatable bonds is 4. The first-order valence-corrected chi connectivity index (χ1v) is 4.97. The zero-order chi connectivity index (χ0) is 10.9. The van der Waals surface area contributed by atoms with Crippen molar-refractivity contribution in [1.29, 1.82) is 0 Å². The van der Waals surface area contributed by atoms with Gasteiger partial charge in [0, 0.05) is 13.1 Å². The van der Waals surface area contributed by atoms with Crippen LogP contribution in [-0.4, -0.2) is 61.4 Å². The molecule has 0 spiro atoms. The Morgan fingerprint density at radius 2 is 1.46 bits per heavy atom. The van der Waals surface area contributed by atoms with Gasteiger partial charge in [0.15, 0.2) is 0 Å². The summed E-state index contributed by atoms with van der Waals surface area (Å²) in [5.74, 6) is 0. The van der Waals surface area contributed by atoms with E-state index in [1.165, 1.54) is 0 Å². The van der Waals surface area contributed by atoms with Gasteiger partial charge in [0.25, 0.3) is 0 Å². The third-order valence-corrected chi connectivity index (χ3v) is 0.963. The molecule has 0 atom stereocenters. The van der Waals surface area contributed by atoms with Crippen molar-refractivity contribution in [3.8, 4) is 0 Å². The molecule has 0 aliphatic rings. The van der Waals surface area contributed by atoms with E-state index in [0.29, 0.717) is 13.1 Å². The quantitative estimate of drug-likeness (QED) is 0.390. The van der Waals surface area contributed by atoms with Gasteiger partial charge in [-0.05, 0) is 7.05 Å². The summed E-state index contributed by atoms with van der Waals surface area (Å²) in [5.41, 5.74) is 0. The normalized spacial score (nSPS) is 10.9. The number of aliphatic hydroxyl groups is 2. The predicted octanol–water partition coefficient (Wildman–Crippen LogP) is -2.35. The van der Waals surface area contributed by atoms with Crippen LogP contribution >= 0.6 is 0 Å². The van der Waals surface area contributed by atoms with E-state index in [1.807, 2.05) is 11.9 Å². The van der Waals surface area contributed by atoms with Crippen molar-refractivity contribution in [3.05, 3.63) is 0 Å². The summed E-state index contributed by atoms with van der Waals surface area (Å²) in [6, 6.07) is 0. The van der Waals surface area contributed by atoms with E-state index < -0.39 is 10.3 Å². The Hall–Kier alpha value is -0.250. The summed E-state index contributed by atoms with van der Waals surface area (Å²) in [4.78, 5) is 1.86. The zero-order valence-electron chi connectivity index (χ0n) is 7.42. The number of nitrogens with zero attached hydrogens (tertiary/aromatic N) is 1. The highest BCUT2D eigenvalue weighted by Gasteiger charge is 1.91. The summed E-state index contributed by atoms with van der Waals surface area (Å²) in [7, 11) is -2.31. The maximum atomic E-state index is 8.97. The Balaban J connectivity index is 0. The molecule has 0 bridgehead atoms. The fourth-order valence-electron chi connectivity index (χ4n) is 0.453. The molecule has 0 aromatic rings. The Kier molecular flexibility index (Phi) is 9.79. The average Bonchev–Trinajstić information content (AvgIpc) is 1.84. The predicted molar refractivity (Wildman–Crippen MR) is 47.4 cm³/mol. The first-order valence-electron chi connectivity index (χ1n) is 3.46. The Labute approximate surface area is 77.7 Å². The summed E-state index contributed by atoms with van der Waals surface area (Å²) >= 11 is 0. The molecule has 0 fully saturated rings. The molecule has 0 heterocycles. The topological polar surface area (TPSA) is 124 Å². The fraction of sp³-hybridized carbons (Fsp3) is 1.00. The van der Waals surface area contributed by atoms with Crippen LogP contribution in [0.2, 0.25) is 0 Å². The highest BCUT2D eigenvalue weighted by Crippen LogP contribution is 1.76. The van der Waals surface area contributed by atoms with Gasteiger partial charge in [0.2, 0.25) is 0 Å². The van der Waals surface area contributed by atoms with E-state index in [4.69, 9.17) is 23.2 Å². The second-order valence-corrected chi connectivity index (χ2v) is 3.30. The van der Waals surface area contributed by atoms with E-state index >= 15 is 0 Å². The van der Waals surface area contributed by atoms with Gasteiger partial charge in [-0.3, -0.25) is 4.55 Å². The smallest absolute Gasteiger partial charge is 0.330 e. The Morgan fingerprint density at radius 3 is 1.62 bits per heavy atom. The second kappa shape index (κ2) is 8.35. The van der Waals surface area contributed by atoms with Crippen molar-refractivity contribution in [2.24, 2.45) is 5.14 Å². The van der Waals surface area contributed by atoms with Crippen LogP contribution in [0.4, 0.5) is 0 Å². The van der Waals surface area contributed by atoms with Gasteiger partial charge >= 0.3 is 10.3 Å². The lowest BCUT2D eigenvalue weighted by Gasteiger charge is -2.11. The molecule has 0 saturated carbocycles. The Bertz CT molecular complexity index is 179. The first kappa shape index (κ1) is 15.2. The molecule has 0 amide bonds. The van der Waals surface area contributed by atoms with Crippen molar-refractivity contribution in [3.63, 3.8) is 0 Å². The van der Waals surface area contributed by atoms with Crippen molar-refractivity contribution < 1.29 is 23.2 Å². The molecule has 0 aliphatic carbocycles. The van der Waals surface area contributed by atoms with E-state index in [0.717, 1.165) is 0 Å². The highest BCUT2D eigenvalue weighted by atomic mass is 32.2. The van der Waals surface area contributed by atoms with Gasteiger partial charge in [-0.25, -0.2) is 5.14 Å². The van der Waals surface area contributed by atoms with Crippen LogP contribution in [0.15, 0.2) is 0 Å². The molecule has 0 unspecified atom stereocenters. The summed E-state index contributed by atoms with van der Waals surface area (Å²) < 4.78 is 25.2. The number of hydrogen-bond donors (Lipinski definition) is 4. The molecule has 0 rings (SSSR count). The van der Waals surface area contributed by atoms with Crippen LogP contribution in [-0.2, 0) is 10.3 Å². The SMILES string of the molecule is CN(CCO)CCO.NS(=O)(=O)O. The standard InChI is InChI=1S/C5H13NO2.H3NO3S/c1-6(2-4-7)3-5-8;1-5(2,3)4/h7-8H,2-5H2,1H3;(H3,1,2,3,4). The van der Waals surface area contributed by atoms with Gasteiger partial charge in [0.1, 0.15) is 0 Å². The molecule has 8 heteroatoms. The second-order valence-electron chi connectivity index (χ2n) is 2.27. The van der Waals surface area contributed by atoms with Gasteiger partial charge in [-0.15, -0.1) is 0 Å². The van der Waals surface area contributed by atoms with Crippen molar-refractivity contribution in [2.75, 3.05) is 33.4 Å². The van der Waals surface area contributed by atoms with Crippen molar-refractivity contribution >= 4 is 10.3 Å². The molecule has 0 aliphatic heterocycles. The molecule has 0 aromatic carbocycles. The third-order valence-electron chi connectivity index (χ3n) is 0.963. The van der Waals surface area contributed by atoms with Gasteiger partial charge in [-0.1, -0.05) is 0 Å². The molecular formula is C5H16N2O5S. The summed E-state index contributed by atoms with van der Waals surface area (Å²) in [6.45, 7) is 1.61. The van der Waals surface area contributed by atoms with E-state index in [9.17, 15) is 0 Å². The zero-order valence-corrected chi connectivity index (χ0v) is 8.24. The number of likely N-dealkylation sites (N-methyl/N-ethyl adjacent to an activating group) is 1. The molecule has 5 N–H and O–H groups in total. The summed E-state index contributed by atoms with van der Waals surface area (Å²) in [5, 5.41) is 20.6. The maximum absolute atomic E-state index is 8.97. The number of aliphatic hydroxyl groups excluding tert-OH is 2. The lowest BCUT2D eigenvalue weighted by molar-refractivity contribution is 0.184. The molecule has 7 nitrogen and oxygen atoms in total. The lowest BCUT2D eigenvalue weighted by atomic mass is 10.5. The maximum Gasteiger partial charge on any atom is 0.330 e. The molecule has 0 radical (unpaired) electrons. The molecule has 0 aromatic heterocycles. The van der Waals surface area contributed by atoms with Crippen LogP contribution in [0.1, 0.15) is 0 Å². The Morgan fingerprint density at radius 1 is 1.23 bits per heavy atom. The monoisotopic (exact) mass is 216 g/mol. The van der Waals surface area contributed by atoms with E-state index in [-0.39, 0.29) is 13.2 Å². The molecule has 0 saturated heterocycles. The minimum atomic E-state index is -4.17. The lowest BCUT2D eigenvalue weighted by Crippen LogP contribution is -2.25. The van der Waals surface area contributed by atoms with Crippen molar-refractivity contribution in [2.45, 2.75) is 0 Å². The van der Waals surface area contributed by atoms with Crippen LogP contribution in [0, 0.1) is 0 Å². The first-order chi connectivity index (χ1) is 5.81. The largest absolute Gasteiger partial charge is 0.395 e. The van der Waals surface area contributed by atoms with Gasteiger partial charge < -0.3 is 15.1 Å². The highest BCUT2D eigenvalue weighted by molar-refractivity contribution is 7.83. The fourth-order valence-corrected chi connectivity index (χ4v) is 0.453. The van der Waals surface area contributed by atoms with Crippen LogP contribution < -0.4 is 5.14 Å². The van der Waals surface area contributed by atoms with Crippen molar-refractivity contribution in [1.82, 2.24) is 4.90 Å². The third kappa shape index (κ3) is 33.8. The number of nitrogens with two attached hydrogens (primary N) is 1. The molecular weight excluding hydrogens is 200 g/mol. The van der Waals surface area contributed by atoms with Crippen LogP contribution in [0.25, 0.3) is 0 Å².